The molecule has 1 heterocycles. The first kappa shape index (κ1) is 16.7. The van der Waals surface area contributed by atoms with Gasteiger partial charge in [0.15, 0.2) is 0 Å². The van der Waals surface area contributed by atoms with E-state index < -0.39 is 16.0 Å². The maximum Gasteiger partial charge on any atom is 0.355 e. The Morgan fingerprint density at radius 2 is 1.90 bits per heavy atom. The Balaban J connectivity index is 3.30. The summed E-state index contributed by atoms with van der Waals surface area (Å²) in [5, 5.41) is 0. The molecule has 114 valence electrons. The van der Waals surface area contributed by atoms with E-state index >= 15 is 0 Å². The summed E-state index contributed by atoms with van der Waals surface area (Å²) in [6.07, 6.45) is 0.725. The molecule has 0 atom stereocenters. The van der Waals surface area contributed by atoms with E-state index in [-0.39, 0.29) is 17.2 Å². The molecule has 0 radical (unpaired) electrons. The zero-order chi connectivity index (χ0) is 15.5. The fourth-order valence-corrected chi connectivity index (χ4v) is 3.78. The molecule has 7 heteroatoms. The van der Waals surface area contributed by atoms with Crippen molar-refractivity contribution in [2.24, 2.45) is 0 Å². The van der Waals surface area contributed by atoms with E-state index in [4.69, 9.17) is 4.74 Å². The lowest BCUT2D eigenvalue weighted by Gasteiger charge is -2.16. The van der Waals surface area contributed by atoms with E-state index in [9.17, 15) is 13.2 Å². The van der Waals surface area contributed by atoms with Gasteiger partial charge < -0.3 is 9.72 Å². The van der Waals surface area contributed by atoms with Crippen LogP contribution in [0.4, 0.5) is 0 Å². The lowest BCUT2D eigenvalue weighted by Crippen LogP contribution is -2.28. The Kier molecular flexibility index (Phi) is 5.35. The van der Waals surface area contributed by atoms with Crippen molar-refractivity contribution in [1.82, 2.24) is 9.29 Å². The number of H-pyrrole nitrogens is 1. The van der Waals surface area contributed by atoms with Gasteiger partial charge in [-0.05, 0) is 27.2 Å². The van der Waals surface area contributed by atoms with Crippen molar-refractivity contribution in [2.45, 2.75) is 39.0 Å². The summed E-state index contributed by atoms with van der Waals surface area (Å²) in [6, 6.07) is 0. The van der Waals surface area contributed by atoms with Gasteiger partial charge in [-0.2, -0.15) is 0 Å². The van der Waals surface area contributed by atoms with Crippen LogP contribution in [-0.2, 0) is 14.8 Å². The number of nitrogens with zero attached hydrogens (tertiary/aromatic N) is 1. The van der Waals surface area contributed by atoms with Crippen molar-refractivity contribution in [2.75, 3.05) is 20.2 Å². The second-order valence-corrected chi connectivity index (χ2v) is 6.61. The van der Waals surface area contributed by atoms with Crippen LogP contribution in [0, 0.1) is 13.8 Å². The maximum absolute atomic E-state index is 12.5. The fraction of sp³-hybridized carbons (Fsp3) is 0.615. The van der Waals surface area contributed by atoms with Gasteiger partial charge in [-0.15, -0.1) is 0 Å². The van der Waals surface area contributed by atoms with Crippen molar-refractivity contribution in [1.29, 1.82) is 0 Å². The number of aromatic nitrogens is 1. The van der Waals surface area contributed by atoms with Gasteiger partial charge in [0.1, 0.15) is 10.6 Å². The molecule has 1 aromatic rings. The lowest BCUT2D eigenvalue weighted by molar-refractivity contribution is 0.0519. The zero-order valence-corrected chi connectivity index (χ0v) is 13.4. The molecule has 1 rings (SSSR count). The van der Waals surface area contributed by atoms with Crippen LogP contribution in [-0.4, -0.2) is 43.9 Å². The summed E-state index contributed by atoms with van der Waals surface area (Å²) in [4.78, 5) is 14.8. The second kappa shape index (κ2) is 6.41. The van der Waals surface area contributed by atoms with Crippen LogP contribution in [0.2, 0.25) is 0 Å². The van der Waals surface area contributed by atoms with Crippen molar-refractivity contribution in [3.05, 3.63) is 17.0 Å². The average Bonchev–Trinajstić information content (AvgIpc) is 2.65. The Morgan fingerprint density at radius 1 is 1.30 bits per heavy atom. The Morgan fingerprint density at radius 3 is 2.40 bits per heavy atom. The monoisotopic (exact) mass is 302 g/mol. The molecule has 0 saturated heterocycles. The molecular formula is C13H22N2O4S. The minimum atomic E-state index is -3.60. The van der Waals surface area contributed by atoms with E-state index in [0.717, 1.165) is 6.42 Å². The SMILES string of the molecule is CCCN(C)S(=O)(=O)c1c(C)[nH]c(C(=O)OCC)c1C. The first-order valence-corrected chi connectivity index (χ1v) is 8.03. The number of hydrogen-bond donors (Lipinski definition) is 1. The van der Waals surface area contributed by atoms with Crippen LogP contribution < -0.4 is 0 Å². The van der Waals surface area contributed by atoms with Gasteiger partial charge in [0.05, 0.1) is 6.61 Å². The van der Waals surface area contributed by atoms with Crippen LogP contribution in [0.3, 0.4) is 0 Å². The predicted molar refractivity (Wildman–Crippen MR) is 76.3 cm³/mol. The molecule has 0 spiro atoms. The molecule has 0 bridgehead atoms. The lowest BCUT2D eigenvalue weighted by atomic mass is 10.2. The molecule has 0 aliphatic rings. The largest absolute Gasteiger partial charge is 0.461 e. The summed E-state index contributed by atoms with van der Waals surface area (Å²) < 4.78 is 31.2. The standard InChI is InChI=1S/C13H22N2O4S/c1-6-8-15(5)20(17,18)12-9(3)11(14-10(12)4)13(16)19-7-2/h14H,6-8H2,1-5H3. The number of aromatic amines is 1. The summed E-state index contributed by atoms with van der Waals surface area (Å²) >= 11 is 0. The molecule has 20 heavy (non-hydrogen) atoms. The van der Waals surface area contributed by atoms with Crippen LogP contribution >= 0.6 is 0 Å². The van der Waals surface area contributed by atoms with Crippen LogP contribution in [0.1, 0.15) is 42.0 Å². The number of esters is 1. The normalized spacial score (nSPS) is 11.9. The third-order valence-corrected chi connectivity index (χ3v) is 5.19. The fourth-order valence-electron chi connectivity index (χ4n) is 2.12. The number of nitrogens with one attached hydrogen (secondary N) is 1. The van der Waals surface area contributed by atoms with Gasteiger partial charge >= 0.3 is 5.97 Å². The molecule has 0 fully saturated rings. The summed E-state index contributed by atoms with van der Waals surface area (Å²) in [7, 11) is -2.06. The highest BCUT2D eigenvalue weighted by molar-refractivity contribution is 7.89. The highest BCUT2D eigenvalue weighted by Crippen LogP contribution is 2.26. The van der Waals surface area contributed by atoms with Gasteiger partial charge in [0.2, 0.25) is 10.0 Å². The second-order valence-electron chi connectivity index (χ2n) is 4.63. The molecule has 1 aromatic heterocycles. The van der Waals surface area contributed by atoms with Gasteiger partial charge in [-0.3, -0.25) is 0 Å². The molecule has 0 unspecified atom stereocenters. The predicted octanol–water partition coefficient (Wildman–Crippen LogP) is 1.84. The van der Waals surface area contributed by atoms with E-state index in [1.54, 1.807) is 20.8 Å². The van der Waals surface area contributed by atoms with Gasteiger partial charge in [0, 0.05) is 24.8 Å². The molecular weight excluding hydrogens is 280 g/mol. The van der Waals surface area contributed by atoms with E-state index in [1.807, 2.05) is 6.92 Å². The Hall–Kier alpha value is -1.34. The van der Waals surface area contributed by atoms with Gasteiger partial charge in [-0.1, -0.05) is 6.92 Å². The number of sulfonamides is 1. The van der Waals surface area contributed by atoms with E-state index in [1.165, 1.54) is 11.4 Å². The van der Waals surface area contributed by atoms with Gasteiger partial charge in [0.25, 0.3) is 0 Å². The van der Waals surface area contributed by atoms with Crippen molar-refractivity contribution in [3.8, 4) is 0 Å². The summed E-state index contributed by atoms with van der Waals surface area (Å²) in [5.41, 5.74) is 1.06. The number of rotatable bonds is 6. The highest BCUT2D eigenvalue weighted by Gasteiger charge is 2.29. The quantitative estimate of drug-likeness (QED) is 0.813. The number of carbonyl (C=O) groups is 1. The number of carbonyl (C=O) groups excluding carboxylic acids is 1. The minimum absolute atomic E-state index is 0.163. The third-order valence-electron chi connectivity index (χ3n) is 3.06. The summed E-state index contributed by atoms with van der Waals surface area (Å²) in [6.45, 7) is 7.54. The van der Waals surface area contributed by atoms with Crippen LogP contribution in [0.5, 0.6) is 0 Å². The topological polar surface area (TPSA) is 79.5 Å². The first-order chi connectivity index (χ1) is 9.27. The molecule has 0 saturated carbocycles. The Labute approximate surface area is 120 Å². The summed E-state index contributed by atoms with van der Waals surface area (Å²) in [5.74, 6) is -0.535. The molecule has 1 N–H and O–H groups in total. The van der Waals surface area contributed by atoms with Crippen molar-refractivity contribution in [3.63, 3.8) is 0 Å². The molecule has 0 aliphatic heterocycles. The molecule has 0 aliphatic carbocycles. The molecule has 0 aromatic carbocycles. The number of aryl methyl sites for hydroxylation is 1. The van der Waals surface area contributed by atoms with Crippen LogP contribution in [0.25, 0.3) is 0 Å². The smallest absolute Gasteiger partial charge is 0.355 e. The number of ether oxygens (including phenoxy) is 1. The maximum atomic E-state index is 12.5. The average molecular weight is 302 g/mol. The van der Waals surface area contributed by atoms with Crippen molar-refractivity contribution < 1.29 is 17.9 Å². The van der Waals surface area contributed by atoms with E-state index in [2.05, 4.69) is 4.98 Å². The third kappa shape index (κ3) is 3.04. The minimum Gasteiger partial charge on any atom is -0.461 e. The molecule has 6 nitrogen and oxygen atoms in total. The zero-order valence-electron chi connectivity index (χ0n) is 12.6. The van der Waals surface area contributed by atoms with Crippen molar-refractivity contribution >= 4 is 16.0 Å². The Bertz CT molecular complexity index is 590. The van der Waals surface area contributed by atoms with Crippen LogP contribution in [0.15, 0.2) is 4.90 Å². The highest BCUT2D eigenvalue weighted by atomic mass is 32.2. The first-order valence-electron chi connectivity index (χ1n) is 6.59. The van der Waals surface area contributed by atoms with E-state index in [0.29, 0.717) is 17.8 Å². The molecule has 0 amide bonds. The number of hydrogen-bond acceptors (Lipinski definition) is 4. The van der Waals surface area contributed by atoms with Gasteiger partial charge in [-0.25, -0.2) is 17.5 Å².